The summed E-state index contributed by atoms with van der Waals surface area (Å²) in [7, 11) is 0. The first-order valence-electron chi connectivity index (χ1n) is 6.23. The maximum atomic E-state index is 6.14. The molecule has 102 valence electrons. The molecule has 0 fully saturated rings. The minimum atomic E-state index is 0.317. The van der Waals surface area contributed by atoms with Crippen LogP contribution in [0, 0.1) is 13.8 Å². The molecule has 3 rings (SSSR count). The largest absolute Gasteiger partial charge is 0.485 e. The molecule has 0 amide bonds. The Morgan fingerprint density at radius 1 is 1.20 bits per heavy atom. The Bertz CT molecular complexity index is 770. The van der Waals surface area contributed by atoms with Crippen LogP contribution in [0.25, 0.3) is 10.2 Å². The minimum absolute atomic E-state index is 0.317. The predicted molar refractivity (Wildman–Crippen MR) is 82.7 cm³/mol. The number of thiophene rings is 1. The number of benzene rings is 1. The molecule has 0 aliphatic carbocycles. The summed E-state index contributed by atoms with van der Waals surface area (Å²) in [6.07, 6.45) is 0. The molecule has 0 bridgehead atoms. The van der Waals surface area contributed by atoms with Crippen LogP contribution >= 0.6 is 22.9 Å². The number of nitrogens with zero attached hydrogens (tertiary/aromatic N) is 2. The first kappa shape index (κ1) is 13.3. The first-order chi connectivity index (χ1) is 9.63. The summed E-state index contributed by atoms with van der Waals surface area (Å²) in [6, 6.07) is 8.01. The maximum Gasteiger partial charge on any atom is 0.169 e. The van der Waals surface area contributed by atoms with Gasteiger partial charge in [0, 0.05) is 5.39 Å². The van der Waals surface area contributed by atoms with Crippen molar-refractivity contribution in [1.82, 2.24) is 9.97 Å². The van der Waals surface area contributed by atoms with Crippen LogP contribution in [-0.2, 0) is 6.61 Å². The second-order valence-electron chi connectivity index (χ2n) is 4.63. The van der Waals surface area contributed by atoms with Gasteiger partial charge in [-0.3, -0.25) is 0 Å². The summed E-state index contributed by atoms with van der Waals surface area (Å²) in [5.41, 5.74) is 2.32. The van der Waals surface area contributed by atoms with Gasteiger partial charge in [-0.2, -0.15) is 0 Å². The van der Waals surface area contributed by atoms with Crippen molar-refractivity contribution in [1.29, 1.82) is 0 Å². The number of ether oxygens (including phenoxy) is 1. The van der Waals surface area contributed by atoms with E-state index < -0.39 is 0 Å². The molecule has 5 heteroatoms. The lowest BCUT2D eigenvalue weighted by atomic mass is 10.1. The molecule has 3 nitrogen and oxygen atoms in total. The Morgan fingerprint density at radius 2 is 2.05 bits per heavy atom. The van der Waals surface area contributed by atoms with Gasteiger partial charge in [0.1, 0.15) is 22.3 Å². The van der Waals surface area contributed by atoms with Gasteiger partial charge in [0.15, 0.2) is 5.82 Å². The standard InChI is InChI=1S/C15H13ClN2OS/c1-9-3-4-12(10(2)7-9)19-8-13-17-14(16)11-5-6-20-15(11)18-13/h3-7H,8H2,1-2H3. The Balaban J connectivity index is 1.82. The third kappa shape index (κ3) is 2.62. The molecule has 0 unspecified atom stereocenters. The van der Waals surface area contributed by atoms with Gasteiger partial charge < -0.3 is 4.74 Å². The van der Waals surface area contributed by atoms with E-state index in [1.165, 1.54) is 5.56 Å². The van der Waals surface area contributed by atoms with Crippen molar-refractivity contribution < 1.29 is 4.74 Å². The highest BCUT2D eigenvalue weighted by molar-refractivity contribution is 7.16. The fraction of sp³-hybridized carbons (Fsp3) is 0.200. The zero-order valence-electron chi connectivity index (χ0n) is 11.2. The van der Waals surface area contributed by atoms with Gasteiger partial charge in [-0.25, -0.2) is 9.97 Å². The fourth-order valence-electron chi connectivity index (χ4n) is 2.03. The van der Waals surface area contributed by atoms with E-state index in [-0.39, 0.29) is 0 Å². The monoisotopic (exact) mass is 304 g/mol. The molecule has 0 spiro atoms. The summed E-state index contributed by atoms with van der Waals surface area (Å²) < 4.78 is 5.78. The van der Waals surface area contributed by atoms with Crippen LogP contribution < -0.4 is 4.74 Å². The molecule has 2 heterocycles. The van der Waals surface area contributed by atoms with Crippen molar-refractivity contribution in [3.05, 3.63) is 51.7 Å². The smallest absolute Gasteiger partial charge is 0.169 e. The summed E-state index contributed by atoms with van der Waals surface area (Å²) in [6.45, 7) is 4.40. The lowest BCUT2D eigenvalue weighted by molar-refractivity contribution is 0.294. The van der Waals surface area contributed by atoms with Gasteiger partial charge in [-0.15, -0.1) is 11.3 Å². The minimum Gasteiger partial charge on any atom is -0.485 e. The van der Waals surface area contributed by atoms with Crippen LogP contribution in [0.5, 0.6) is 5.75 Å². The molecular formula is C15H13ClN2OS. The molecule has 0 aliphatic heterocycles. The maximum absolute atomic E-state index is 6.14. The van der Waals surface area contributed by atoms with Crippen molar-refractivity contribution in [2.45, 2.75) is 20.5 Å². The van der Waals surface area contributed by atoms with Gasteiger partial charge in [-0.05, 0) is 36.9 Å². The summed E-state index contributed by atoms with van der Waals surface area (Å²) in [5.74, 6) is 1.45. The average molecular weight is 305 g/mol. The number of fused-ring (bicyclic) bond motifs is 1. The molecule has 0 atom stereocenters. The first-order valence-corrected chi connectivity index (χ1v) is 7.49. The second kappa shape index (κ2) is 5.38. The van der Waals surface area contributed by atoms with Gasteiger partial charge in [0.05, 0.1) is 0 Å². The Hall–Kier alpha value is -1.65. The average Bonchev–Trinajstić information content (AvgIpc) is 2.86. The van der Waals surface area contributed by atoms with Crippen molar-refractivity contribution >= 4 is 33.2 Å². The number of hydrogen-bond donors (Lipinski definition) is 0. The number of aryl methyl sites for hydroxylation is 2. The van der Waals surface area contributed by atoms with Crippen LogP contribution in [0.3, 0.4) is 0 Å². The molecule has 1 aromatic carbocycles. The summed E-state index contributed by atoms with van der Waals surface area (Å²) in [5, 5.41) is 3.34. The van der Waals surface area contributed by atoms with Crippen LogP contribution in [0.4, 0.5) is 0 Å². The lowest BCUT2D eigenvalue weighted by Crippen LogP contribution is -2.02. The Labute approximate surface area is 126 Å². The van der Waals surface area contributed by atoms with E-state index >= 15 is 0 Å². The topological polar surface area (TPSA) is 35.0 Å². The molecule has 20 heavy (non-hydrogen) atoms. The zero-order valence-corrected chi connectivity index (χ0v) is 12.8. The highest BCUT2D eigenvalue weighted by Gasteiger charge is 2.08. The van der Waals surface area contributed by atoms with Crippen LogP contribution in [0.2, 0.25) is 5.15 Å². The van der Waals surface area contributed by atoms with E-state index in [1.807, 2.05) is 30.5 Å². The molecule has 0 saturated carbocycles. The van der Waals surface area contributed by atoms with Gasteiger partial charge in [-0.1, -0.05) is 29.3 Å². The molecule has 0 aliphatic rings. The second-order valence-corrected chi connectivity index (χ2v) is 5.88. The van der Waals surface area contributed by atoms with Crippen molar-refractivity contribution in [2.75, 3.05) is 0 Å². The Morgan fingerprint density at radius 3 is 2.85 bits per heavy atom. The molecule has 0 N–H and O–H groups in total. The van der Waals surface area contributed by atoms with E-state index in [2.05, 4.69) is 23.0 Å². The molecule has 0 saturated heterocycles. The third-order valence-corrected chi connectivity index (χ3v) is 4.11. The fourth-order valence-corrected chi connectivity index (χ4v) is 3.12. The molecule has 2 aromatic heterocycles. The molecule has 3 aromatic rings. The highest BCUT2D eigenvalue weighted by Crippen LogP contribution is 2.25. The number of hydrogen-bond acceptors (Lipinski definition) is 4. The quantitative estimate of drug-likeness (QED) is 0.666. The molecule has 0 radical (unpaired) electrons. The number of halogens is 1. The third-order valence-electron chi connectivity index (χ3n) is 3.01. The van der Waals surface area contributed by atoms with Gasteiger partial charge >= 0.3 is 0 Å². The van der Waals surface area contributed by atoms with E-state index in [1.54, 1.807) is 11.3 Å². The van der Waals surface area contributed by atoms with Crippen molar-refractivity contribution in [3.8, 4) is 5.75 Å². The van der Waals surface area contributed by atoms with E-state index in [0.29, 0.717) is 17.6 Å². The van der Waals surface area contributed by atoms with E-state index in [0.717, 1.165) is 21.5 Å². The van der Waals surface area contributed by atoms with Crippen molar-refractivity contribution in [2.24, 2.45) is 0 Å². The zero-order chi connectivity index (χ0) is 14.1. The normalized spacial score (nSPS) is 10.9. The van der Waals surface area contributed by atoms with Gasteiger partial charge in [0.2, 0.25) is 0 Å². The van der Waals surface area contributed by atoms with Crippen LogP contribution in [0.1, 0.15) is 17.0 Å². The van der Waals surface area contributed by atoms with E-state index in [9.17, 15) is 0 Å². The number of rotatable bonds is 3. The summed E-state index contributed by atoms with van der Waals surface area (Å²) >= 11 is 7.69. The van der Waals surface area contributed by atoms with Crippen molar-refractivity contribution in [3.63, 3.8) is 0 Å². The van der Waals surface area contributed by atoms with Gasteiger partial charge in [0.25, 0.3) is 0 Å². The van der Waals surface area contributed by atoms with E-state index in [4.69, 9.17) is 16.3 Å². The predicted octanol–water partition coefficient (Wildman–Crippen LogP) is 4.54. The SMILES string of the molecule is Cc1ccc(OCc2nc(Cl)c3ccsc3n2)c(C)c1. The number of aromatic nitrogens is 2. The highest BCUT2D eigenvalue weighted by atomic mass is 35.5. The Kier molecular flexibility index (Phi) is 3.59. The van der Waals surface area contributed by atoms with Crippen LogP contribution in [-0.4, -0.2) is 9.97 Å². The summed E-state index contributed by atoms with van der Waals surface area (Å²) in [4.78, 5) is 9.62. The molecular weight excluding hydrogens is 292 g/mol. The lowest BCUT2D eigenvalue weighted by Gasteiger charge is -2.09. The van der Waals surface area contributed by atoms with Crippen LogP contribution in [0.15, 0.2) is 29.6 Å².